The number of nitrogens with one attached hydrogen (secondary N) is 1. The van der Waals surface area contributed by atoms with Crippen molar-refractivity contribution in [3.63, 3.8) is 0 Å². The number of hydrogen-bond acceptors (Lipinski definition) is 2. The smallest absolute Gasteiger partial charge is 0.320 e. The largest absolute Gasteiger partial charge is 0.480 e. The van der Waals surface area contributed by atoms with Crippen LogP contribution < -0.4 is 5.32 Å². The average molecular weight is 261 g/mol. The molecule has 0 saturated heterocycles. The molecule has 2 N–H and O–H groups in total. The van der Waals surface area contributed by atoms with Crippen molar-refractivity contribution in [3.8, 4) is 0 Å². The third-order valence-corrected chi connectivity index (χ3v) is 4.08. The Hall–Kier alpha value is -1.35. The van der Waals surface area contributed by atoms with Crippen LogP contribution >= 0.6 is 0 Å². The minimum atomic E-state index is -0.713. The lowest BCUT2D eigenvalue weighted by Crippen LogP contribution is -2.44. The van der Waals surface area contributed by atoms with Crippen molar-refractivity contribution in [1.82, 2.24) is 5.32 Å². The average Bonchev–Trinajstić information content (AvgIpc) is 2.40. The Labute approximate surface area is 115 Å². The predicted octanol–water partition coefficient (Wildman–Crippen LogP) is 3.06. The molecule has 3 atom stereocenters. The molecular weight excluding hydrogens is 238 g/mol. The Morgan fingerprint density at radius 2 is 2.11 bits per heavy atom. The molecule has 1 saturated carbocycles. The summed E-state index contributed by atoms with van der Waals surface area (Å²) in [6.07, 6.45) is 4.45. The highest BCUT2D eigenvalue weighted by molar-refractivity contribution is 5.73. The van der Waals surface area contributed by atoms with E-state index in [0.717, 1.165) is 24.8 Å². The zero-order chi connectivity index (χ0) is 13.7. The fourth-order valence-electron chi connectivity index (χ4n) is 3.06. The van der Waals surface area contributed by atoms with Gasteiger partial charge in [-0.1, -0.05) is 50.1 Å². The Bertz CT molecular complexity index is 404. The summed E-state index contributed by atoms with van der Waals surface area (Å²) in [5.41, 5.74) is 1.14. The summed E-state index contributed by atoms with van der Waals surface area (Å²) in [4.78, 5) is 11.5. The highest BCUT2D eigenvalue weighted by Crippen LogP contribution is 2.31. The quantitative estimate of drug-likeness (QED) is 0.856. The maximum absolute atomic E-state index is 11.5. The molecule has 3 nitrogen and oxygen atoms in total. The molecule has 0 aliphatic heterocycles. The van der Waals surface area contributed by atoms with E-state index in [1.807, 2.05) is 30.3 Å². The van der Waals surface area contributed by atoms with Crippen LogP contribution in [-0.4, -0.2) is 17.1 Å². The predicted molar refractivity (Wildman–Crippen MR) is 75.8 cm³/mol. The second-order valence-corrected chi connectivity index (χ2v) is 5.71. The Balaban J connectivity index is 1.94. The van der Waals surface area contributed by atoms with E-state index >= 15 is 0 Å². The Morgan fingerprint density at radius 1 is 1.37 bits per heavy atom. The van der Waals surface area contributed by atoms with Crippen molar-refractivity contribution < 1.29 is 9.90 Å². The molecule has 0 bridgehead atoms. The first kappa shape index (κ1) is 14.1. The summed E-state index contributed by atoms with van der Waals surface area (Å²) < 4.78 is 0. The van der Waals surface area contributed by atoms with Gasteiger partial charge in [-0.15, -0.1) is 0 Å². The van der Waals surface area contributed by atoms with Crippen molar-refractivity contribution >= 4 is 5.97 Å². The first-order valence-corrected chi connectivity index (χ1v) is 7.17. The fourth-order valence-corrected chi connectivity index (χ4v) is 3.06. The molecule has 0 aromatic heterocycles. The zero-order valence-corrected chi connectivity index (χ0v) is 11.5. The molecule has 0 heterocycles. The van der Waals surface area contributed by atoms with Gasteiger partial charge in [-0.2, -0.15) is 0 Å². The highest BCUT2D eigenvalue weighted by Gasteiger charge is 2.31. The summed E-state index contributed by atoms with van der Waals surface area (Å²) in [7, 11) is 0. The summed E-state index contributed by atoms with van der Waals surface area (Å²) in [6.45, 7) is 2.85. The van der Waals surface area contributed by atoms with Crippen molar-refractivity contribution in [1.29, 1.82) is 0 Å². The van der Waals surface area contributed by atoms with Crippen molar-refractivity contribution in [2.45, 2.75) is 45.2 Å². The van der Waals surface area contributed by atoms with Gasteiger partial charge in [0.15, 0.2) is 0 Å². The molecule has 1 aromatic rings. The van der Waals surface area contributed by atoms with Crippen LogP contribution in [0.25, 0.3) is 0 Å². The van der Waals surface area contributed by atoms with E-state index < -0.39 is 12.0 Å². The van der Waals surface area contributed by atoms with E-state index in [2.05, 4.69) is 12.2 Å². The molecule has 0 radical (unpaired) electrons. The normalized spacial score (nSPS) is 24.9. The molecule has 19 heavy (non-hydrogen) atoms. The second-order valence-electron chi connectivity index (χ2n) is 5.71. The molecule has 0 spiro atoms. The first-order chi connectivity index (χ1) is 9.16. The van der Waals surface area contributed by atoms with Crippen LogP contribution in [0.1, 0.15) is 38.2 Å². The van der Waals surface area contributed by atoms with Gasteiger partial charge in [-0.05, 0) is 30.2 Å². The van der Waals surface area contributed by atoms with Gasteiger partial charge in [0.05, 0.1) is 0 Å². The lowest BCUT2D eigenvalue weighted by molar-refractivity contribution is -0.141. The van der Waals surface area contributed by atoms with E-state index in [0.29, 0.717) is 12.5 Å². The van der Waals surface area contributed by atoms with Crippen molar-refractivity contribution in [2.24, 2.45) is 11.8 Å². The highest BCUT2D eigenvalue weighted by atomic mass is 16.4. The van der Waals surface area contributed by atoms with E-state index in [4.69, 9.17) is 0 Å². The molecule has 1 aliphatic rings. The maximum Gasteiger partial charge on any atom is 0.320 e. The lowest BCUT2D eigenvalue weighted by Gasteiger charge is -2.31. The molecule has 1 fully saturated rings. The number of carbonyl (C=O) groups is 1. The van der Waals surface area contributed by atoms with Crippen molar-refractivity contribution in [3.05, 3.63) is 35.9 Å². The van der Waals surface area contributed by atoms with E-state index in [-0.39, 0.29) is 5.92 Å². The molecule has 1 aliphatic carbocycles. The fraction of sp³-hybridized carbons (Fsp3) is 0.562. The SMILES string of the molecule is CC1CCCC(C(NCc2ccccc2)C(=O)O)C1. The summed E-state index contributed by atoms with van der Waals surface area (Å²) in [5, 5.41) is 12.7. The molecule has 3 heteroatoms. The number of carboxylic acids is 1. The minimum absolute atomic E-state index is 0.268. The van der Waals surface area contributed by atoms with Gasteiger partial charge in [0.25, 0.3) is 0 Å². The van der Waals surface area contributed by atoms with Crippen molar-refractivity contribution in [2.75, 3.05) is 0 Å². The summed E-state index contributed by atoms with van der Waals surface area (Å²) >= 11 is 0. The lowest BCUT2D eigenvalue weighted by atomic mass is 9.78. The van der Waals surface area contributed by atoms with Gasteiger partial charge in [0, 0.05) is 6.54 Å². The van der Waals surface area contributed by atoms with Gasteiger partial charge in [0.1, 0.15) is 6.04 Å². The number of benzene rings is 1. The number of carboxylic acid groups (broad SMARTS) is 1. The monoisotopic (exact) mass is 261 g/mol. The Morgan fingerprint density at radius 3 is 2.74 bits per heavy atom. The van der Waals surface area contributed by atoms with Gasteiger partial charge in [-0.3, -0.25) is 4.79 Å². The summed E-state index contributed by atoms with van der Waals surface area (Å²) in [5.74, 6) is 0.208. The van der Waals surface area contributed by atoms with Crippen LogP contribution in [0.5, 0.6) is 0 Å². The molecule has 3 unspecified atom stereocenters. The van der Waals surface area contributed by atoms with E-state index in [1.165, 1.54) is 6.42 Å². The topological polar surface area (TPSA) is 49.3 Å². The molecule has 104 valence electrons. The van der Waals surface area contributed by atoms with Gasteiger partial charge < -0.3 is 10.4 Å². The standard InChI is InChI=1S/C16H23NO2/c1-12-6-5-9-14(10-12)15(16(18)19)17-11-13-7-3-2-4-8-13/h2-4,7-8,12,14-15,17H,5-6,9-11H2,1H3,(H,18,19). The molecule has 0 amide bonds. The van der Waals surface area contributed by atoms with Crippen LogP contribution in [0.3, 0.4) is 0 Å². The third-order valence-electron chi connectivity index (χ3n) is 4.08. The molecule has 1 aromatic carbocycles. The van der Waals surface area contributed by atoms with Gasteiger partial charge in [-0.25, -0.2) is 0 Å². The third kappa shape index (κ3) is 4.06. The maximum atomic E-state index is 11.5. The zero-order valence-electron chi connectivity index (χ0n) is 11.5. The number of aliphatic carboxylic acids is 1. The minimum Gasteiger partial charge on any atom is -0.480 e. The van der Waals surface area contributed by atoms with Crippen LogP contribution in [0.4, 0.5) is 0 Å². The van der Waals surface area contributed by atoms with E-state index in [9.17, 15) is 9.90 Å². The molecular formula is C16H23NO2. The Kier molecular flexibility index (Phi) is 4.97. The summed E-state index contributed by atoms with van der Waals surface area (Å²) in [6, 6.07) is 9.57. The van der Waals surface area contributed by atoms with Crippen LogP contribution in [0.2, 0.25) is 0 Å². The second kappa shape index (κ2) is 6.71. The van der Waals surface area contributed by atoms with E-state index in [1.54, 1.807) is 0 Å². The first-order valence-electron chi connectivity index (χ1n) is 7.17. The number of hydrogen-bond donors (Lipinski definition) is 2. The molecule has 2 rings (SSSR count). The van der Waals surface area contributed by atoms with Crippen LogP contribution in [0, 0.1) is 11.8 Å². The van der Waals surface area contributed by atoms with Crippen LogP contribution in [0.15, 0.2) is 30.3 Å². The number of rotatable bonds is 5. The van der Waals surface area contributed by atoms with Gasteiger partial charge >= 0.3 is 5.97 Å². The van der Waals surface area contributed by atoms with Gasteiger partial charge in [0.2, 0.25) is 0 Å². The van der Waals surface area contributed by atoms with Crippen LogP contribution in [-0.2, 0) is 11.3 Å².